The summed E-state index contributed by atoms with van der Waals surface area (Å²) in [6.45, 7) is 0. The van der Waals surface area contributed by atoms with E-state index in [-0.39, 0.29) is 16.7 Å². The summed E-state index contributed by atoms with van der Waals surface area (Å²) in [5, 5.41) is 6.95. The van der Waals surface area contributed by atoms with Crippen molar-refractivity contribution in [3.8, 4) is 0 Å². The number of carbonyl (C=O) groups excluding carboxylic acids is 1. The largest absolute Gasteiger partial charge is 0.446 e. The van der Waals surface area contributed by atoms with Crippen LogP contribution >= 0.6 is 23.4 Å². The van der Waals surface area contributed by atoms with Crippen molar-refractivity contribution in [2.75, 3.05) is 10.6 Å². The first-order valence-corrected chi connectivity index (χ1v) is 10.7. The SMILES string of the molecule is O=C(Nc1ccc(Cc2ccc(SC(F)(F)F)cc2)cc1)Nc1c[nH]c2ccc(Cl)cc12. The molecule has 1 heterocycles. The van der Waals surface area contributed by atoms with Gasteiger partial charge in [-0.1, -0.05) is 35.9 Å². The summed E-state index contributed by atoms with van der Waals surface area (Å²) < 4.78 is 37.3. The van der Waals surface area contributed by atoms with E-state index >= 15 is 0 Å². The molecule has 4 aromatic rings. The minimum Gasteiger partial charge on any atom is -0.359 e. The summed E-state index contributed by atoms with van der Waals surface area (Å²) in [5.74, 6) is 0. The van der Waals surface area contributed by atoms with Gasteiger partial charge in [0.1, 0.15) is 0 Å². The molecule has 0 saturated heterocycles. The number of halogens is 4. The van der Waals surface area contributed by atoms with E-state index in [2.05, 4.69) is 15.6 Å². The van der Waals surface area contributed by atoms with E-state index < -0.39 is 11.5 Å². The first-order valence-electron chi connectivity index (χ1n) is 9.53. The van der Waals surface area contributed by atoms with E-state index in [0.717, 1.165) is 22.0 Å². The molecule has 0 spiro atoms. The van der Waals surface area contributed by atoms with Crippen molar-refractivity contribution in [2.24, 2.45) is 0 Å². The zero-order valence-electron chi connectivity index (χ0n) is 16.5. The molecule has 0 radical (unpaired) electrons. The molecule has 0 atom stereocenters. The first-order chi connectivity index (χ1) is 15.2. The van der Waals surface area contributed by atoms with Crippen molar-refractivity contribution in [3.63, 3.8) is 0 Å². The summed E-state index contributed by atoms with van der Waals surface area (Å²) in [7, 11) is 0. The summed E-state index contributed by atoms with van der Waals surface area (Å²) in [6, 6.07) is 18.5. The molecular weight excluding hydrogens is 459 g/mol. The molecule has 0 fully saturated rings. The number of nitrogens with one attached hydrogen (secondary N) is 3. The number of H-pyrrole nitrogens is 1. The third-order valence-corrected chi connectivity index (χ3v) is 5.64. The highest BCUT2D eigenvalue weighted by molar-refractivity contribution is 8.00. The molecule has 32 heavy (non-hydrogen) atoms. The van der Waals surface area contributed by atoms with Gasteiger partial charge in [0.05, 0.1) is 5.69 Å². The quantitative estimate of drug-likeness (QED) is 0.259. The van der Waals surface area contributed by atoms with Crippen LogP contribution in [0.5, 0.6) is 0 Å². The number of rotatable bonds is 5. The van der Waals surface area contributed by atoms with Gasteiger partial charge in [0.2, 0.25) is 0 Å². The lowest BCUT2D eigenvalue weighted by molar-refractivity contribution is -0.0328. The minimum absolute atomic E-state index is 0.129. The number of carbonyl (C=O) groups is 1. The van der Waals surface area contributed by atoms with Crippen molar-refractivity contribution in [3.05, 3.63) is 89.1 Å². The fraction of sp³-hybridized carbons (Fsp3) is 0.0870. The van der Waals surface area contributed by atoms with Crippen LogP contribution in [-0.2, 0) is 6.42 Å². The lowest BCUT2D eigenvalue weighted by atomic mass is 10.0. The first kappa shape index (κ1) is 22.1. The molecule has 0 bridgehead atoms. The Bertz CT molecular complexity index is 1240. The Morgan fingerprint density at radius 3 is 2.25 bits per heavy atom. The predicted octanol–water partition coefficient (Wildman–Crippen LogP) is 7.67. The number of benzene rings is 3. The Balaban J connectivity index is 1.35. The predicted molar refractivity (Wildman–Crippen MR) is 124 cm³/mol. The molecule has 1 aromatic heterocycles. The van der Waals surface area contributed by atoms with Gasteiger partial charge in [0.15, 0.2) is 0 Å². The van der Waals surface area contributed by atoms with Crippen LogP contribution in [0, 0.1) is 0 Å². The topological polar surface area (TPSA) is 56.9 Å². The van der Waals surface area contributed by atoms with Gasteiger partial charge in [-0.15, -0.1) is 0 Å². The van der Waals surface area contributed by atoms with Crippen LogP contribution in [0.1, 0.15) is 11.1 Å². The van der Waals surface area contributed by atoms with Gasteiger partial charge < -0.3 is 15.6 Å². The van der Waals surface area contributed by atoms with Crippen LogP contribution in [0.4, 0.5) is 29.3 Å². The average Bonchev–Trinajstić information content (AvgIpc) is 3.11. The van der Waals surface area contributed by atoms with Crippen LogP contribution in [0.15, 0.2) is 77.8 Å². The van der Waals surface area contributed by atoms with Gasteiger partial charge >= 0.3 is 11.5 Å². The summed E-state index contributed by atoms with van der Waals surface area (Å²) in [6.07, 6.45) is 2.27. The van der Waals surface area contributed by atoms with E-state index in [4.69, 9.17) is 11.6 Å². The maximum absolute atomic E-state index is 12.4. The smallest absolute Gasteiger partial charge is 0.359 e. The molecule has 0 aliphatic heterocycles. The number of anilines is 2. The lowest BCUT2D eigenvalue weighted by Gasteiger charge is -2.09. The number of aromatic nitrogens is 1. The molecule has 9 heteroatoms. The maximum Gasteiger partial charge on any atom is 0.446 e. The van der Waals surface area contributed by atoms with E-state index in [1.54, 1.807) is 42.6 Å². The highest BCUT2D eigenvalue weighted by atomic mass is 35.5. The van der Waals surface area contributed by atoms with Gasteiger partial charge in [0, 0.05) is 32.7 Å². The molecule has 0 unspecified atom stereocenters. The average molecular weight is 476 g/mol. The summed E-state index contributed by atoms with van der Waals surface area (Å²) >= 11 is 5.90. The van der Waals surface area contributed by atoms with Crippen molar-refractivity contribution in [1.82, 2.24) is 4.98 Å². The molecule has 2 amide bonds. The molecule has 0 aliphatic rings. The van der Waals surface area contributed by atoms with Crippen LogP contribution in [0.3, 0.4) is 0 Å². The van der Waals surface area contributed by atoms with E-state index in [0.29, 0.717) is 22.8 Å². The van der Waals surface area contributed by atoms with Crippen molar-refractivity contribution in [2.45, 2.75) is 16.8 Å². The third kappa shape index (κ3) is 5.77. The van der Waals surface area contributed by atoms with Gasteiger partial charge in [-0.05, 0) is 71.8 Å². The number of aromatic amines is 1. The highest BCUT2D eigenvalue weighted by Crippen LogP contribution is 2.36. The second-order valence-corrected chi connectivity index (χ2v) is 8.61. The molecule has 164 valence electrons. The van der Waals surface area contributed by atoms with Gasteiger partial charge in [0.25, 0.3) is 0 Å². The van der Waals surface area contributed by atoms with Crippen molar-refractivity contribution < 1.29 is 18.0 Å². The highest BCUT2D eigenvalue weighted by Gasteiger charge is 2.28. The zero-order valence-corrected chi connectivity index (χ0v) is 18.0. The number of amides is 2. The number of hydrogen-bond acceptors (Lipinski definition) is 2. The second kappa shape index (κ2) is 9.18. The summed E-state index contributed by atoms with van der Waals surface area (Å²) in [4.78, 5) is 15.6. The van der Waals surface area contributed by atoms with Crippen LogP contribution < -0.4 is 10.6 Å². The van der Waals surface area contributed by atoms with E-state index in [1.807, 2.05) is 18.2 Å². The standard InChI is InChI=1S/C23H17ClF3N3OS/c24-16-5-10-20-19(12-16)21(13-28-20)30-22(31)29-17-6-1-14(2-7-17)11-15-3-8-18(9-4-15)32-23(25,26)27/h1-10,12-13,28H,11H2,(H2,29,30,31). The fourth-order valence-corrected chi connectivity index (χ4v) is 3.94. The van der Waals surface area contributed by atoms with Gasteiger partial charge in [-0.3, -0.25) is 0 Å². The van der Waals surface area contributed by atoms with Crippen molar-refractivity contribution in [1.29, 1.82) is 0 Å². The number of fused-ring (bicyclic) bond motifs is 1. The zero-order chi connectivity index (χ0) is 22.7. The fourth-order valence-electron chi connectivity index (χ4n) is 3.23. The Morgan fingerprint density at radius 2 is 1.59 bits per heavy atom. The Morgan fingerprint density at radius 1 is 0.938 bits per heavy atom. The molecule has 3 N–H and O–H groups in total. The number of thioether (sulfide) groups is 1. The Kier molecular flexibility index (Phi) is 6.34. The van der Waals surface area contributed by atoms with Crippen molar-refractivity contribution >= 4 is 51.7 Å². The third-order valence-electron chi connectivity index (χ3n) is 4.67. The van der Waals surface area contributed by atoms with Crippen LogP contribution in [0.25, 0.3) is 10.9 Å². The van der Waals surface area contributed by atoms with Gasteiger partial charge in [-0.2, -0.15) is 13.2 Å². The summed E-state index contributed by atoms with van der Waals surface area (Å²) in [5.41, 5.74) is -0.340. The molecule has 3 aromatic carbocycles. The Labute approximate surface area is 191 Å². The molecular formula is C23H17ClF3N3OS. The molecule has 4 nitrogen and oxygen atoms in total. The van der Waals surface area contributed by atoms with Crippen LogP contribution in [-0.4, -0.2) is 16.5 Å². The monoisotopic (exact) mass is 475 g/mol. The number of urea groups is 1. The number of alkyl halides is 3. The van der Waals surface area contributed by atoms with Crippen LogP contribution in [0.2, 0.25) is 5.02 Å². The lowest BCUT2D eigenvalue weighted by Crippen LogP contribution is -2.19. The number of hydrogen-bond donors (Lipinski definition) is 3. The second-order valence-electron chi connectivity index (χ2n) is 7.04. The normalized spacial score (nSPS) is 11.5. The minimum atomic E-state index is -4.29. The van der Waals surface area contributed by atoms with Gasteiger partial charge in [-0.25, -0.2) is 4.79 Å². The molecule has 0 aliphatic carbocycles. The molecule has 0 saturated carbocycles. The van der Waals surface area contributed by atoms with E-state index in [1.165, 1.54) is 12.1 Å². The maximum atomic E-state index is 12.4. The Hall–Kier alpha value is -3.10. The van der Waals surface area contributed by atoms with E-state index in [9.17, 15) is 18.0 Å². The molecule has 4 rings (SSSR count).